The van der Waals surface area contributed by atoms with Gasteiger partial charge < -0.3 is 10.6 Å². The zero-order chi connectivity index (χ0) is 16.7. The number of piperidine rings is 1. The van der Waals surface area contributed by atoms with Crippen LogP contribution in [0.5, 0.6) is 0 Å². The normalized spacial score (nSPS) is 20.8. The molecule has 4 rings (SSSR count). The lowest BCUT2D eigenvalue weighted by atomic mass is 9.92. The van der Waals surface area contributed by atoms with Crippen LogP contribution in [0, 0.1) is 24.1 Å². The average molecular weight is 367 g/mol. The molecule has 1 saturated carbocycles. The molecule has 1 aliphatic heterocycles. The van der Waals surface area contributed by atoms with Gasteiger partial charge >= 0.3 is 0 Å². The van der Waals surface area contributed by atoms with Crippen LogP contribution in [0.3, 0.4) is 0 Å². The number of halogens is 2. The number of amides is 1. The number of nitrogens with one attached hydrogen (secondary N) is 2. The minimum atomic E-state index is -0.440. The van der Waals surface area contributed by atoms with Crippen LogP contribution in [-0.2, 0) is 4.79 Å². The second-order valence-electron chi connectivity index (χ2n) is 6.66. The molecule has 1 aromatic heterocycles. The summed E-state index contributed by atoms with van der Waals surface area (Å²) in [5.74, 6) is 0.114. The molecule has 1 spiro atoms. The van der Waals surface area contributed by atoms with E-state index in [2.05, 4.69) is 26.2 Å². The van der Waals surface area contributed by atoms with E-state index in [9.17, 15) is 9.18 Å². The van der Waals surface area contributed by atoms with Crippen LogP contribution in [0.25, 0.3) is 5.69 Å². The fraction of sp³-hybridized carbons (Fsp3) is 0.500. The largest absolute Gasteiger partial charge is 0.326 e. The van der Waals surface area contributed by atoms with E-state index < -0.39 is 5.82 Å². The summed E-state index contributed by atoms with van der Waals surface area (Å²) >= 11 is 0. The molecule has 9 heteroatoms. The molecular formula is C16H20ClFN6O. The van der Waals surface area contributed by atoms with Gasteiger partial charge in [0.2, 0.25) is 5.91 Å². The Morgan fingerprint density at radius 3 is 2.84 bits per heavy atom. The highest BCUT2D eigenvalue weighted by molar-refractivity contribution is 5.95. The molecule has 1 amide bonds. The number of aromatic nitrogens is 4. The minimum Gasteiger partial charge on any atom is -0.326 e. The van der Waals surface area contributed by atoms with E-state index in [1.54, 1.807) is 19.1 Å². The van der Waals surface area contributed by atoms with Crippen molar-refractivity contribution >= 4 is 24.0 Å². The van der Waals surface area contributed by atoms with Gasteiger partial charge in [0.1, 0.15) is 11.5 Å². The Kier molecular flexibility index (Phi) is 4.75. The number of hydrogen-bond acceptors (Lipinski definition) is 5. The Morgan fingerprint density at radius 1 is 1.40 bits per heavy atom. The summed E-state index contributed by atoms with van der Waals surface area (Å²) in [6.07, 6.45) is 3.04. The summed E-state index contributed by atoms with van der Waals surface area (Å²) in [5, 5.41) is 17.3. The van der Waals surface area contributed by atoms with E-state index in [1.165, 1.54) is 10.7 Å². The predicted octanol–water partition coefficient (Wildman–Crippen LogP) is 1.86. The lowest BCUT2D eigenvalue weighted by Crippen LogP contribution is -2.31. The van der Waals surface area contributed by atoms with Crippen molar-refractivity contribution in [2.24, 2.45) is 11.3 Å². The van der Waals surface area contributed by atoms with Crippen LogP contribution < -0.4 is 10.6 Å². The first kappa shape index (κ1) is 17.8. The second-order valence-corrected chi connectivity index (χ2v) is 6.66. The van der Waals surface area contributed by atoms with Crippen LogP contribution in [0.1, 0.15) is 25.1 Å². The molecule has 1 aromatic carbocycles. The molecule has 1 atom stereocenters. The Hall–Kier alpha value is -2.06. The van der Waals surface area contributed by atoms with Crippen molar-refractivity contribution in [1.29, 1.82) is 0 Å². The molecule has 7 nitrogen and oxygen atoms in total. The summed E-state index contributed by atoms with van der Waals surface area (Å²) in [6.45, 7) is 3.64. The number of rotatable bonds is 3. The SMILES string of the molecule is Cc1nnnn1-c1cc(NC(=O)C2CC23CCNCC3)ccc1F.Cl. The van der Waals surface area contributed by atoms with Crippen LogP contribution in [0.15, 0.2) is 18.2 Å². The molecule has 2 fully saturated rings. The molecule has 1 saturated heterocycles. The molecule has 0 bridgehead atoms. The highest BCUT2D eigenvalue weighted by Gasteiger charge is 2.57. The third-order valence-corrected chi connectivity index (χ3v) is 5.17. The van der Waals surface area contributed by atoms with E-state index in [0.717, 1.165) is 32.4 Å². The Balaban J connectivity index is 0.00000182. The van der Waals surface area contributed by atoms with Crippen molar-refractivity contribution in [3.63, 3.8) is 0 Å². The van der Waals surface area contributed by atoms with Crippen LogP contribution in [-0.4, -0.2) is 39.2 Å². The number of aryl methyl sites for hydroxylation is 1. The summed E-state index contributed by atoms with van der Waals surface area (Å²) in [7, 11) is 0. The van der Waals surface area contributed by atoms with Crippen molar-refractivity contribution in [3.05, 3.63) is 29.8 Å². The molecular weight excluding hydrogens is 347 g/mol. The standard InChI is InChI=1S/C16H19FN6O.ClH/c1-10-20-21-22-23(10)14-8-11(2-3-13(14)17)19-15(24)12-9-16(12)4-6-18-7-5-16;/h2-3,8,12,18H,4-7,9H2,1H3,(H,19,24);1H. The van der Waals surface area contributed by atoms with E-state index in [-0.39, 0.29) is 35.3 Å². The Morgan fingerprint density at radius 2 is 2.16 bits per heavy atom. The fourth-order valence-corrected chi connectivity index (χ4v) is 3.63. The number of nitrogens with zero attached hydrogens (tertiary/aromatic N) is 4. The van der Waals surface area contributed by atoms with Crippen molar-refractivity contribution in [1.82, 2.24) is 25.5 Å². The monoisotopic (exact) mass is 366 g/mol. The first-order valence-corrected chi connectivity index (χ1v) is 8.16. The number of carbonyl (C=O) groups is 1. The average Bonchev–Trinajstić information content (AvgIpc) is 3.09. The van der Waals surface area contributed by atoms with Crippen LogP contribution in [0.2, 0.25) is 0 Å². The van der Waals surface area contributed by atoms with Crippen molar-refractivity contribution in [2.75, 3.05) is 18.4 Å². The molecule has 2 aliphatic rings. The molecule has 0 radical (unpaired) electrons. The van der Waals surface area contributed by atoms with Crippen LogP contribution in [0.4, 0.5) is 10.1 Å². The number of benzene rings is 1. The van der Waals surface area contributed by atoms with Gasteiger partial charge in [-0.1, -0.05) is 0 Å². The van der Waals surface area contributed by atoms with Gasteiger partial charge in [-0.3, -0.25) is 4.79 Å². The second kappa shape index (κ2) is 6.68. The predicted molar refractivity (Wildman–Crippen MR) is 92.4 cm³/mol. The summed E-state index contributed by atoms with van der Waals surface area (Å²) in [6, 6.07) is 4.45. The van der Waals surface area contributed by atoms with Crippen molar-refractivity contribution in [3.8, 4) is 5.69 Å². The molecule has 2 N–H and O–H groups in total. The van der Waals surface area contributed by atoms with E-state index in [0.29, 0.717) is 11.5 Å². The highest BCUT2D eigenvalue weighted by Crippen LogP contribution is 2.58. The Labute approximate surface area is 150 Å². The summed E-state index contributed by atoms with van der Waals surface area (Å²) in [5.41, 5.74) is 0.954. The first-order chi connectivity index (χ1) is 11.6. The minimum absolute atomic E-state index is 0. The van der Waals surface area contributed by atoms with Crippen LogP contribution >= 0.6 is 12.4 Å². The fourth-order valence-electron chi connectivity index (χ4n) is 3.63. The maximum Gasteiger partial charge on any atom is 0.228 e. The van der Waals surface area contributed by atoms with Gasteiger partial charge in [-0.2, -0.15) is 4.68 Å². The quantitative estimate of drug-likeness (QED) is 0.866. The third kappa shape index (κ3) is 3.23. The summed E-state index contributed by atoms with van der Waals surface area (Å²) in [4.78, 5) is 12.5. The van der Waals surface area contributed by atoms with Crippen molar-refractivity contribution < 1.29 is 9.18 Å². The zero-order valence-electron chi connectivity index (χ0n) is 13.8. The number of tetrazole rings is 1. The molecule has 1 aliphatic carbocycles. The van der Waals surface area contributed by atoms with Gasteiger partial charge in [-0.25, -0.2) is 4.39 Å². The first-order valence-electron chi connectivity index (χ1n) is 8.16. The number of hydrogen-bond donors (Lipinski definition) is 2. The molecule has 134 valence electrons. The zero-order valence-corrected chi connectivity index (χ0v) is 14.6. The molecule has 25 heavy (non-hydrogen) atoms. The van der Waals surface area contributed by atoms with Gasteiger partial charge in [0.05, 0.1) is 0 Å². The van der Waals surface area contributed by atoms with E-state index >= 15 is 0 Å². The smallest absolute Gasteiger partial charge is 0.228 e. The van der Waals surface area contributed by atoms with Gasteiger partial charge in [0, 0.05) is 11.6 Å². The lowest BCUT2D eigenvalue weighted by Gasteiger charge is -2.23. The Bertz CT molecular complexity index is 789. The maximum atomic E-state index is 14.1. The van der Waals surface area contributed by atoms with E-state index in [4.69, 9.17) is 0 Å². The number of carbonyl (C=O) groups excluding carboxylic acids is 1. The van der Waals surface area contributed by atoms with Gasteiger partial charge in [-0.15, -0.1) is 17.5 Å². The molecule has 2 heterocycles. The molecule has 2 aromatic rings. The summed E-state index contributed by atoms with van der Waals surface area (Å²) < 4.78 is 15.4. The number of anilines is 1. The van der Waals surface area contributed by atoms with Gasteiger partial charge in [0.15, 0.2) is 5.82 Å². The van der Waals surface area contributed by atoms with Crippen molar-refractivity contribution in [2.45, 2.75) is 26.2 Å². The molecule has 1 unspecified atom stereocenters. The maximum absolute atomic E-state index is 14.1. The highest BCUT2D eigenvalue weighted by atomic mass is 35.5. The third-order valence-electron chi connectivity index (χ3n) is 5.17. The lowest BCUT2D eigenvalue weighted by molar-refractivity contribution is -0.118. The van der Waals surface area contributed by atoms with E-state index in [1.807, 2.05) is 0 Å². The van der Waals surface area contributed by atoms with Gasteiger partial charge in [0.25, 0.3) is 0 Å². The topological polar surface area (TPSA) is 84.7 Å². The van der Waals surface area contributed by atoms with Gasteiger partial charge in [-0.05, 0) is 73.3 Å².